The highest BCUT2D eigenvalue weighted by Crippen LogP contribution is 2.30. The molecule has 0 aliphatic heterocycles. The van der Waals surface area contributed by atoms with Crippen LogP contribution in [0, 0.1) is 0 Å². The minimum absolute atomic E-state index is 0.106. The average Bonchev–Trinajstić information content (AvgIpc) is 3.02. The SMILES string of the molecule is COc1cccc([C@@H](NCc2nnnn2C)c2ccccc2Cl)c1. The van der Waals surface area contributed by atoms with Crippen molar-refractivity contribution in [2.75, 3.05) is 7.11 Å². The highest BCUT2D eigenvalue weighted by molar-refractivity contribution is 6.31. The lowest BCUT2D eigenvalue weighted by Gasteiger charge is -2.21. The molecule has 3 aromatic rings. The van der Waals surface area contributed by atoms with E-state index in [1.165, 1.54) is 0 Å². The van der Waals surface area contributed by atoms with Crippen LogP contribution in [0.3, 0.4) is 0 Å². The Kier molecular flexibility index (Phi) is 5.08. The summed E-state index contributed by atoms with van der Waals surface area (Å²) in [5, 5.41) is 15.7. The van der Waals surface area contributed by atoms with Crippen LogP contribution in [0.2, 0.25) is 5.02 Å². The number of aromatic nitrogens is 4. The molecule has 1 aromatic heterocycles. The summed E-state index contributed by atoms with van der Waals surface area (Å²) in [6.07, 6.45) is 0. The molecule has 3 rings (SSSR count). The van der Waals surface area contributed by atoms with Gasteiger partial charge in [0.15, 0.2) is 5.82 Å². The molecule has 7 heteroatoms. The summed E-state index contributed by atoms with van der Waals surface area (Å²) >= 11 is 6.42. The standard InChI is InChI=1S/C17H18ClN5O/c1-23-16(20-21-22-23)11-19-17(14-8-3-4-9-15(14)18)12-6-5-7-13(10-12)24-2/h3-10,17,19H,11H2,1-2H3/t17-/m1/s1. The molecule has 0 aliphatic carbocycles. The van der Waals surface area contributed by atoms with E-state index in [1.54, 1.807) is 11.8 Å². The summed E-state index contributed by atoms with van der Waals surface area (Å²) in [6, 6.07) is 15.6. The number of tetrazole rings is 1. The first-order valence-electron chi connectivity index (χ1n) is 7.52. The van der Waals surface area contributed by atoms with Crippen molar-refractivity contribution in [3.8, 4) is 5.75 Å². The second-order valence-corrected chi connectivity index (χ2v) is 5.74. The zero-order valence-electron chi connectivity index (χ0n) is 13.5. The Bertz CT molecular complexity index is 820. The molecule has 0 bridgehead atoms. The Morgan fingerprint density at radius 3 is 2.75 bits per heavy atom. The molecule has 0 aliphatic rings. The monoisotopic (exact) mass is 343 g/mol. The highest BCUT2D eigenvalue weighted by atomic mass is 35.5. The van der Waals surface area contributed by atoms with E-state index in [9.17, 15) is 0 Å². The normalized spacial score (nSPS) is 12.1. The van der Waals surface area contributed by atoms with E-state index in [1.807, 2.05) is 55.6 Å². The van der Waals surface area contributed by atoms with Gasteiger partial charge in [0.2, 0.25) is 0 Å². The van der Waals surface area contributed by atoms with Gasteiger partial charge in [0.25, 0.3) is 0 Å². The van der Waals surface area contributed by atoms with Gasteiger partial charge in [-0.1, -0.05) is 41.9 Å². The van der Waals surface area contributed by atoms with Crippen LogP contribution < -0.4 is 10.1 Å². The predicted octanol–water partition coefficient (Wildman–Crippen LogP) is 2.75. The fourth-order valence-electron chi connectivity index (χ4n) is 2.53. The minimum atomic E-state index is -0.106. The lowest BCUT2D eigenvalue weighted by atomic mass is 9.98. The van der Waals surface area contributed by atoms with Gasteiger partial charge in [-0.3, -0.25) is 5.32 Å². The van der Waals surface area contributed by atoms with Gasteiger partial charge in [0.1, 0.15) is 5.75 Å². The van der Waals surface area contributed by atoms with Crippen LogP contribution >= 0.6 is 11.6 Å². The summed E-state index contributed by atoms with van der Waals surface area (Å²) in [6.45, 7) is 0.511. The molecular formula is C17H18ClN5O. The molecule has 1 heterocycles. The fourth-order valence-corrected chi connectivity index (χ4v) is 2.77. The fraction of sp³-hybridized carbons (Fsp3) is 0.235. The van der Waals surface area contributed by atoms with Crippen LogP contribution in [0.4, 0.5) is 0 Å². The van der Waals surface area contributed by atoms with Gasteiger partial charge in [-0.2, -0.15) is 0 Å². The number of hydrogen-bond acceptors (Lipinski definition) is 5. The van der Waals surface area contributed by atoms with Gasteiger partial charge in [-0.25, -0.2) is 4.68 Å². The molecule has 2 aromatic carbocycles. The maximum absolute atomic E-state index is 6.42. The maximum Gasteiger partial charge on any atom is 0.164 e. The maximum atomic E-state index is 6.42. The summed E-state index contributed by atoms with van der Waals surface area (Å²) in [5.41, 5.74) is 2.04. The number of benzene rings is 2. The van der Waals surface area contributed by atoms with E-state index in [0.29, 0.717) is 11.6 Å². The molecule has 1 N–H and O–H groups in total. The molecule has 0 saturated carbocycles. The Hall–Kier alpha value is -2.44. The molecule has 0 radical (unpaired) electrons. The lowest BCUT2D eigenvalue weighted by Crippen LogP contribution is -2.24. The van der Waals surface area contributed by atoms with Crippen LogP contribution in [0.1, 0.15) is 23.0 Å². The molecule has 0 amide bonds. The molecule has 0 fully saturated rings. The number of aryl methyl sites for hydroxylation is 1. The first-order chi connectivity index (χ1) is 11.7. The van der Waals surface area contributed by atoms with Crippen LogP contribution in [-0.2, 0) is 13.6 Å². The largest absolute Gasteiger partial charge is 0.497 e. The summed E-state index contributed by atoms with van der Waals surface area (Å²) < 4.78 is 6.98. The number of ether oxygens (including phenoxy) is 1. The van der Waals surface area contributed by atoms with E-state index in [2.05, 4.69) is 20.8 Å². The van der Waals surface area contributed by atoms with Crippen molar-refractivity contribution in [3.63, 3.8) is 0 Å². The molecule has 124 valence electrons. The third kappa shape index (κ3) is 3.55. The summed E-state index contributed by atoms with van der Waals surface area (Å²) in [5.74, 6) is 1.54. The predicted molar refractivity (Wildman–Crippen MR) is 91.9 cm³/mol. The second kappa shape index (κ2) is 7.42. The number of hydrogen-bond donors (Lipinski definition) is 1. The molecule has 6 nitrogen and oxygen atoms in total. The molecular weight excluding hydrogens is 326 g/mol. The molecule has 24 heavy (non-hydrogen) atoms. The van der Waals surface area contributed by atoms with Crippen LogP contribution in [0.5, 0.6) is 5.75 Å². The number of nitrogens with one attached hydrogen (secondary N) is 1. The first-order valence-corrected chi connectivity index (χ1v) is 7.90. The van der Waals surface area contributed by atoms with E-state index in [-0.39, 0.29) is 6.04 Å². The van der Waals surface area contributed by atoms with Crippen molar-refractivity contribution in [1.82, 2.24) is 25.5 Å². The third-order valence-corrected chi connectivity index (χ3v) is 4.16. The van der Waals surface area contributed by atoms with Crippen molar-refractivity contribution in [1.29, 1.82) is 0 Å². The van der Waals surface area contributed by atoms with Gasteiger partial charge < -0.3 is 4.74 Å². The van der Waals surface area contributed by atoms with Gasteiger partial charge in [0, 0.05) is 12.1 Å². The third-order valence-electron chi connectivity index (χ3n) is 3.82. The Labute approximate surface area is 145 Å². The molecule has 0 unspecified atom stereocenters. The van der Waals surface area contributed by atoms with E-state index < -0.39 is 0 Å². The van der Waals surface area contributed by atoms with Gasteiger partial charge >= 0.3 is 0 Å². The smallest absolute Gasteiger partial charge is 0.164 e. The van der Waals surface area contributed by atoms with Crippen LogP contribution in [-0.4, -0.2) is 27.3 Å². The van der Waals surface area contributed by atoms with E-state index in [0.717, 1.165) is 22.7 Å². The Balaban J connectivity index is 1.94. The van der Waals surface area contributed by atoms with E-state index >= 15 is 0 Å². The van der Waals surface area contributed by atoms with Gasteiger partial charge in [-0.15, -0.1) is 5.10 Å². The van der Waals surface area contributed by atoms with Crippen molar-refractivity contribution >= 4 is 11.6 Å². The van der Waals surface area contributed by atoms with Crippen LogP contribution in [0.15, 0.2) is 48.5 Å². The Morgan fingerprint density at radius 1 is 1.21 bits per heavy atom. The average molecular weight is 344 g/mol. The molecule has 0 spiro atoms. The summed E-state index contributed by atoms with van der Waals surface area (Å²) in [4.78, 5) is 0. The number of halogens is 1. The lowest BCUT2D eigenvalue weighted by molar-refractivity contribution is 0.413. The summed E-state index contributed by atoms with van der Waals surface area (Å²) in [7, 11) is 3.47. The van der Waals surface area contributed by atoms with Crippen molar-refractivity contribution < 1.29 is 4.74 Å². The van der Waals surface area contributed by atoms with Crippen molar-refractivity contribution in [3.05, 3.63) is 70.5 Å². The van der Waals surface area contributed by atoms with Gasteiger partial charge in [-0.05, 0) is 39.8 Å². The zero-order chi connectivity index (χ0) is 16.9. The van der Waals surface area contributed by atoms with Crippen LogP contribution in [0.25, 0.3) is 0 Å². The second-order valence-electron chi connectivity index (χ2n) is 5.33. The topological polar surface area (TPSA) is 64.9 Å². The Morgan fingerprint density at radius 2 is 2.04 bits per heavy atom. The first kappa shape index (κ1) is 16.4. The number of nitrogens with zero attached hydrogens (tertiary/aromatic N) is 4. The zero-order valence-corrected chi connectivity index (χ0v) is 14.2. The molecule has 0 saturated heterocycles. The number of rotatable bonds is 6. The number of methoxy groups -OCH3 is 1. The molecule has 1 atom stereocenters. The van der Waals surface area contributed by atoms with Crippen molar-refractivity contribution in [2.24, 2.45) is 7.05 Å². The quantitative estimate of drug-likeness (QED) is 0.745. The van der Waals surface area contributed by atoms with Gasteiger partial charge in [0.05, 0.1) is 19.7 Å². The minimum Gasteiger partial charge on any atom is -0.497 e. The highest BCUT2D eigenvalue weighted by Gasteiger charge is 2.18. The van der Waals surface area contributed by atoms with E-state index in [4.69, 9.17) is 16.3 Å². The van der Waals surface area contributed by atoms with Crippen molar-refractivity contribution in [2.45, 2.75) is 12.6 Å².